The number of hydrogen-bond acceptors (Lipinski definition) is 8. The lowest BCUT2D eigenvalue weighted by molar-refractivity contribution is 0.412. The summed E-state index contributed by atoms with van der Waals surface area (Å²) in [4.78, 5) is 7.19. The van der Waals surface area contributed by atoms with E-state index in [0.717, 1.165) is 6.07 Å². The van der Waals surface area contributed by atoms with Crippen LogP contribution in [0, 0.1) is 11.3 Å². The minimum atomic E-state index is -0.583. The summed E-state index contributed by atoms with van der Waals surface area (Å²) in [5.74, 6) is -1.02. The van der Waals surface area contributed by atoms with E-state index in [9.17, 15) is 10.2 Å². The minimum absolute atomic E-state index is 0.0349. The van der Waals surface area contributed by atoms with Gasteiger partial charge in [0, 0.05) is 17.6 Å². The Hall–Kier alpha value is -2.53. The van der Waals surface area contributed by atoms with Crippen LogP contribution in [-0.2, 0) is 0 Å². The van der Waals surface area contributed by atoms with E-state index in [4.69, 9.17) is 5.26 Å². The molecule has 0 amide bonds. The summed E-state index contributed by atoms with van der Waals surface area (Å²) in [5.41, 5.74) is -0.115. The lowest BCUT2D eigenvalue weighted by atomic mass is 10.2. The van der Waals surface area contributed by atoms with Crippen LogP contribution < -0.4 is 0 Å². The molecule has 0 spiro atoms. The van der Waals surface area contributed by atoms with Crippen LogP contribution in [0.25, 0.3) is 0 Å². The first-order chi connectivity index (χ1) is 8.20. The fourth-order valence-corrected chi connectivity index (χ4v) is 1.51. The van der Waals surface area contributed by atoms with Crippen LogP contribution in [-0.4, -0.2) is 20.2 Å². The quantitative estimate of drug-likeness (QED) is 0.789. The molecule has 2 aromatic rings. The zero-order valence-electron chi connectivity index (χ0n) is 8.27. The molecule has 2 heterocycles. The van der Waals surface area contributed by atoms with Gasteiger partial charge < -0.3 is 10.2 Å². The van der Waals surface area contributed by atoms with E-state index in [2.05, 4.69) is 20.2 Å². The monoisotopic (exact) mass is 247 g/mol. The molecule has 0 atom stereocenters. The van der Waals surface area contributed by atoms with Crippen LogP contribution in [0.15, 0.2) is 27.9 Å². The van der Waals surface area contributed by atoms with Gasteiger partial charge in [-0.1, -0.05) is 0 Å². The summed E-state index contributed by atoms with van der Waals surface area (Å²) in [5, 5.41) is 36.9. The third-order valence-corrected chi connectivity index (χ3v) is 2.40. The molecule has 2 rings (SSSR count). The SMILES string of the molecule is N#Cc1c(N=Nc2nccs2)cc(O)nc1O. The molecule has 8 heteroatoms. The first-order valence-corrected chi connectivity index (χ1v) is 5.23. The number of hydrogen-bond donors (Lipinski definition) is 2. The van der Waals surface area contributed by atoms with Crippen LogP contribution in [0.1, 0.15) is 5.56 Å². The maximum atomic E-state index is 9.32. The lowest BCUT2D eigenvalue weighted by Gasteiger charge is -1.99. The van der Waals surface area contributed by atoms with E-state index in [-0.39, 0.29) is 11.3 Å². The number of rotatable bonds is 2. The van der Waals surface area contributed by atoms with Crippen molar-refractivity contribution in [3.05, 3.63) is 23.2 Å². The van der Waals surface area contributed by atoms with Crippen LogP contribution in [0.5, 0.6) is 11.8 Å². The average molecular weight is 247 g/mol. The van der Waals surface area contributed by atoms with Crippen molar-refractivity contribution >= 4 is 22.2 Å². The maximum Gasteiger partial charge on any atom is 0.234 e. The number of nitriles is 1. The number of nitrogens with zero attached hydrogens (tertiary/aromatic N) is 5. The van der Waals surface area contributed by atoms with Crippen LogP contribution >= 0.6 is 11.3 Å². The molecular formula is C9H5N5O2S. The van der Waals surface area contributed by atoms with E-state index in [1.54, 1.807) is 17.6 Å². The molecule has 0 aromatic carbocycles. The number of aromatic hydroxyl groups is 2. The zero-order chi connectivity index (χ0) is 12.3. The molecule has 0 fully saturated rings. The largest absolute Gasteiger partial charge is 0.493 e. The lowest BCUT2D eigenvalue weighted by Crippen LogP contribution is -1.83. The highest BCUT2D eigenvalue weighted by atomic mass is 32.1. The van der Waals surface area contributed by atoms with E-state index in [1.807, 2.05) is 0 Å². The maximum absolute atomic E-state index is 9.32. The van der Waals surface area contributed by atoms with Crippen LogP contribution in [0.2, 0.25) is 0 Å². The summed E-state index contributed by atoms with van der Waals surface area (Å²) < 4.78 is 0. The zero-order valence-corrected chi connectivity index (χ0v) is 9.09. The van der Waals surface area contributed by atoms with Gasteiger partial charge in [-0.05, 0) is 0 Å². The smallest absolute Gasteiger partial charge is 0.234 e. The molecular weight excluding hydrogens is 242 g/mol. The highest BCUT2D eigenvalue weighted by molar-refractivity contribution is 7.13. The molecule has 7 nitrogen and oxygen atoms in total. The van der Waals surface area contributed by atoms with E-state index in [0.29, 0.717) is 5.13 Å². The Morgan fingerprint density at radius 1 is 1.35 bits per heavy atom. The van der Waals surface area contributed by atoms with E-state index >= 15 is 0 Å². The highest BCUT2D eigenvalue weighted by Gasteiger charge is 2.11. The summed E-state index contributed by atoms with van der Waals surface area (Å²) >= 11 is 1.27. The molecule has 0 unspecified atom stereocenters. The predicted octanol–water partition coefficient (Wildman–Crippen LogP) is 2.24. The van der Waals surface area contributed by atoms with Crippen molar-refractivity contribution in [2.75, 3.05) is 0 Å². The second-order valence-electron chi connectivity index (χ2n) is 2.82. The molecule has 0 saturated heterocycles. The number of aromatic nitrogens is 2. The van der Waals surface area contributed by atoms with Crippen LogP contribution in [0.3, 0.4) is 0 Å². The average Bonchev–Trinajstić information content (AvgIpc) is 2.78. The van der Waals surface area contributed by atoms with Crippen molar-refractivity contribution in [1.82, 2.24) is 9.97 Å². The molecule has 0 aliphatic heterocycles. The Kier molecular flexibility index (Phi) is 2.93. The second kappa shape index (κ2) is 4.54. The number of thiazole rings is 1. The topological polar surface area (TPSA) is 115 Å². The normalized spacial score (nSPS) is 10.5. The van der Waals surface area contributed by atoms with E-state index in [1.165, 1.54) is 11.3 Å². The predicted molar refractivity (Wildman–Crippen MR) is 58.6 cm³/mol. The van der Waals surface area contributed by atoms with E-state index < -0.39 is 11.8 Å². The van der Waals surface area contributed by atoms with Crippen molar-refractivity contribution in [1.29, 1.82) is 5.26 Å². The van der Waals surface area contributed by atoms with Crippen LogP contribution in [0.4, 0.5) is 10.8 Å². The van der Waals surface area contributed by atoms with Gasteiger partial charge in [-0.3, -0.25) is 0 Å². The van der Waals surface area contributed by atoms with Gasteiger partial charge in [0.15, 0.2) is 0 Å². The molecule has 0 aliphatic rings. The van der Waals surface area contributed by atoms with Gasteiger partial charge in [0.1, 0.15) is 17.3 Å². The fourth-order valence-electron chi connectivity index (χ4n) is 1.05. The summed E-state index contributed by atoms with van der Waals surface area (Å²) in [7, 11) is 0. The highest BCUT2D eigenvalue weighted by Crippen LogP contribution is 2.30. The Balaban J connectivity index is 2.42. The molecule has 0 saturated carbocycles. The molecule has 0 aliphatic carbocycles. The Morgan fingerprint density at radius 3 is 2.82 bits per heavy atom. The minimum Gasteiger partial charge on any atom is -0.493 e. The second-order valence-corrected chi connectivity index (χ2v) is 3.70. The van der Waals surface area contributed by atoms with Crippen molar-refractivity contribution in [3.63, 3.8) is 0 Å². The van der Waals surface area contributed by atoms with Gasteiger partial charge in [-0.25, -0.2) is 4.98 Å². The third kappa shape index (κ3) is 2.35. The Bertz CT molecular complexity index is 603. The number of azo groups is 1. The Morgan fingerprint density at radius 2 is 2.18 bits per heavy atom. The number of pyridine rings is 1. The summed E-state index contributed by atoms with van der Waals surface area (Å²) in [6, 6.07) is 2.86. The third-order valence-electron chi connectivity index (χ3n) is 1.74. The van der Waals surface area contributed by atoms with Crippen molar-refractivity contribution in [2.45, 2.75) is 0 Å². The standard InChI is InChI=1S/C9H5N5O2S/c10-4-5-6(3-7(15)12-8(5)16)13-14-9-11-1-2-17-9/h1-3H,(H2,12,15,16). The summed E-state index contributed by atoms with van der Waals surface area (Å²) in [6.45, 7) is 0. The van der Waals surface area contributed by atoms with Gasteiger partial charge in [0.05, 0.1) is 0 Å². The van der Waals surface area contributed by atoms with Gasteiger partial charge in [-0.15, -0.1) is 21.6 Å². The van der Waals surface area contributed by atoms with Crippen molar-refractivity contribution in [3.8, 4) is 17.8 Å². The Labute approximate surface area is 99.4 Å². The van der Waals surface area contributed by atoms with Gasteiger partial charge in [-0.2, -0.15) is 10.2 Å². The van der Waals surface area contributed by atoms with Gasteiger partial charge in [0.2, 0.25) is 16.9 Å². The van der Waals surface area contributed by atoms with Crippen molar-refractivity contribution in [2.24, 2.45) is 10.2 Å². The summed E-state index contributed by atoms with van der Waals surface area (Å²) in [6.07, 6.45) is 1.56. The van der Waals surface area contributed by atoms with Crippen molar-refractivity contribution < 1.29 is 10.2 Å². The molecule has 0 radical (unpaired) electrons. The van der Waals surface area contributed by atoms with Gasteiger partial charge in [0.25, 0.3) is 0 Å². The molecule has 2 aromatic heterocycles. The fraction of sp³-hybridized carbons (Fsp3) is 0. The molecule has 84 valence electrons. The van der Waals surface area contributed by atoms with Gasteiger partial charge >= 0.3 is 0 Å². The first-order valence-electron chi connectivity index (χ1n) is 4.35. The molecule has 0 bridgehead atoms. The molecule has 2 N–H and O–H groups in total. The molecule has 17 heavy (non-hydrogen) atoms. The first kappa shape index (κ1) is 11.0.